The Labute approximate surface area is 188 Å². The maximum atomic E-state index is 13.0. The van der Waals surface area contributed by atoms with E-state index in [1.807, 2.05) is 24.3 Å². The molecule has 0 bridgehead atoms. The van der Waals surface area contributed by atoms with Crippen molar-refractivity contribution in [2.24, 2.45) is 0 Å². The number of hydrogen-bond acceptors (Lipinski definition) is 6. The third kappa shape index (κ3) is 4.17. The average Bonchev–Trinajstić information content (AvgIpc) is 3.32. The molecule has 1 saturated heterocycles. The summed E-state index contributed by atoms with van der Waals surface area (Å²) in [5.41, 5.74) is 3.05. The normalized spacial score (nSPS) is 15.2. The van der Waals surface area contributed by atoms with Gasteiger partial charge in [-0.1, -0.05) is 49.1 Å². The van der Waals surface area contributed by atoms with Gasteiger partial charge in [-0.2, -0.15) is 0 Å². The van der Waals surface area contributed by atoms with Crippen molar-refractivity contribution in [1.82, 2.24) is 0 Å². The zero-order valence-corrected chi connectivity index (χ0v) is 18.5. The summed E-state index contributed by atoms with van der Waals surface area (Å²) in [6.07, 6.45) is 2.53. The monoisotopic (exact) mass is 450 g/mol. The molecular formula is C23H18N2O4S2. The predicted octanol–water partition coefficient (Wildman–Crippen LogP) is 6.13. The van der Waals surface area contributed by atoms with Crippen molar-refractivity contribution < 1.29 is 14.1 Å². The van der Waals surface area contributed by atoms with Crippen molar-refractivity contribution in [3.63, 3.8) is 0 Å². The number of nitrogens with zero attached hydrogens (tertiary/aromatic N) is 2. The molecule has 4 rings (SSSR count). The Bertz CT molecular complexity index is 1230. The van der Waals surface area contributed by atoms with Crippen LogP contribution in [0.25, 0.3) is 17.4 Å². The van der Waals surface area contributed by atoms with Crippen molar-refractivity contribution >= 4 is 51.7 Å². The van der Waals surface area contributed by atoms with Gasteiger partial charge in [-0.15, -0.1) is 0 Å². The van der Waals surface area contributed by atoms with Crippen LogP contribution in [0.3, 0.4) is 0 Å². The van der Waals surface area contributed by atoms with Gasteiger partial charge in [-0.3, -0.25) is 19.8 Å². The number of carbonyl (C=O) groups excluding carboxylic acids is 1. The van der Waals surface area contributed by atoms with E-state index in [0.29, 0.717) is 26.3 Å². The van der Waals surface area contributed by atoms with Crippen LogP contribution in [0.15, 0.2) is 63.9 Å². The molecule has 2 aromatic carbocycles. The Morgan fingerprint density at radius 3 is 2.58 bits per heavy atom. The first-order valence-corrected chi connectivity index (χ1v) is 10.8. The molecule has 1 fully saturated rings. The molecule has 1 amide bonds. The first kappa shape index (κ1) is 21.0. The summed E-state index contributed by atoms with van der Waals surface area (Å²) in [4.78, 5) is 25.9. The van der Waals surface area contributed by atoms with Crippen LogP contribution in [0, 0.1) is 17.0 Å². The zero-order chi connectivity index (χ0) is 22.1. The van der Waals surface area contributed by atoms with Crippen LogP contribution < -0.4 is 4.90 Å². The Morgan fingerprint density at radius 1 is 1.16 bits per heavy atom. The largest absolute Gasteiger partial charge is 0.456 e. The predicted molar refractivity (Wildman–Crippen MR) is 127 cm³/mol. The first-order valence-electron chi connectivity index (χ1n) is 9.59. The highest BCUT2D eigenvalue weighted by Crippen LogP contribution is 2.37. The van der Waals surface area contributed by atoms with Crippen molar-refractivity contribution in [1.29, 1.82) is 0 Å². The number of furan rings is 1. The lowest BCUT2D eigenvalue weighted by atomic mass is 10.1. The first-order chi connectivity index (χ1) is 14.9. The number of benzene rings is 2. The molecule has 0 saturated carbocycles. The number of hydrogen-bond donors (Lipinski definition) is 0. The molecule has 0 spiro atoms. The number of thioether (sulfide) groups is 1. The maximum absolute atomic E-state index is 13.0. The molecule has 31 heavy (non-hydrogen) atoms. The summed E-state index contributed by atoms with van der Waals surface area (Å²) in [5, 5.41) is 11.4. The van der Waals surface area contributed by atoms with Crippen LogP contribution in [0.5, 0.6) is 0 Å². The fourth-order valence-corrected chi connectivity index (χ4v) is 4.56. The Hall–Kier alpha value is -3.23. The lowest BCUT2D eigenvalue weighted by Crippen LogP contribution is -2.27. The van der Waals surface area contributed by atoms with Gasteiger partial charge in [0.05, 0.1) is 21.1 Å². The van der Waals surface area contributed by atoms with E-state index in [1.54, 1.807) is 37.3 Å². The second kappa shape index (κ2) is 8.49. The average molecular weight is 451 g/mol. The van der Waals surface area contributed by atoms with E-state index in [-0.39, 0.29) is 11.6 Å². The second-order valence-corrected chi connectivity index (χ2v) is 8.69. The number of rotatable bonds is 5. The standard InChI is InChI=1S/C23H18N2O4S2/c1-3-15-5-7-16(8-6-15)24-22(26)21(31-23(24)30)13-17-9-11-20(29-17)18-10-4-14(2)12-19(18)25(27)28/h4-13H,3H2,1-2H3/b21-13+. The molecule has 8 heteroatoms. The van der Waals surface area contributed by atoms with E-state index in [2.05, 4.69) is 6.92 Å². The van der Waals surface area contributed by atoms with Crippen LogP contribution >= 0.6 is 24.0 Å². The highest BCUT2D eigenvalue weighted by Gasteiger charge is 2.33. The molecule has 0 unspecified atom stereocenters. The van der Waals surface area contributed by atoms with Gasteiger partial charge in [0.1, 0.15) is 11.5 Å². The van der Waals surface area contributed by atoms with Crippen molar-refractivity contribution in [2.75, 3.05) is 4.90 Å². The highest BCUT2D eigenvalue weighted by molar-refractivity contribution is 8.27. The minimum atomic E-state index is -0.431. The molecule has 6 nitrogen and oxygen atoms in total. The van der Waals surface area contributed by atoms with Crippen LogP contribution in [-0.4, -0.2) is 15.2 Å². The molecule has 156 valence electrons. The van der Waals surface area contributed by atoms with Crippen molar-refractivity contribution in [3.05, 3.63) is 86.5 Å². The van der Waals surface area contributed by atoms with Gasteiger partial charge in [-0.05, 0) is 54.8 Å². The Balaban J connectivity index is 1.62. The molecule has 1 aromatic heterocycles. The fraction of sp³-hybridized carbons (Fsp3) is 0.130. The molecule has 0 radical (unpaired) electrons. The van der Waals surface area contributed by atoms with E-state index in [0.717, 1.165) is 17.7 Å². The van der Waals surface area contributed by atoms with Gasteiger partial charge in [0.25, 0.3) is 11.6 Å². The summed E-state index contributed by atoms with van der Waals surface area (Å²) in [6, 6.07) is 16.0. The van der Waals surface area contributed by atoms with Gasteiger partial charge in [0, 0.05) is 12.1 Å². The van der Waals surface area contributed by atoms with Gasteiger partial charge < -0.3 is 4.42 Å². The summed E-state index contributed by atoms with van der Waals surface area (Å²) >= 11 is 6.61. The van der Waals surface area contributed by atoms with E-state index in [4.69, 9.17) is 16.6 Å². The smallest absolute Gasteiger partial charge is 0.280 e. The lowest BCUT2D eigenvalue weighted by Gasteiger charge is -2.14. The van der Waals surface area contributed by atoms with Gasteiger partial charge in [0.15, 0.2) is 4.32 Å². The van der Waals surface area contributed by atoms with Crippen LogP contribution in [0.1, 0.15) is 23.8 Å². The molecular weight excluding hydrogens is 432 g/mol. The van der Waals surface area contributed by atoms with Crippen LogP contribution in [-0.2, 0) is 11.2 Å². The third-order valence-corrected chi connectivity index (χ3v) is 6.21. The number of aryl methyl sites for hydroxylation is 2. The van der Waals surface area contributed by atoms with E-state index < -0.39 is 4.92 Å². The van der Waals surface area contributed by atoms with Gasteiger partial charge in [0.2, 0.25) is 0 Å². The quantitative estimate of drug-likeness (QED) is 0.201. The number of carbonyl (C=O) groups is 1. The number of thiocarbonyl (C=S) groups is 1. The van der Waals surface area contributed by atoms with E-state index >= 15 is 0 Å². The summed E-state index contributed by atoms with van der Waals surface area (Å²) in [7, 11) is 0. The lowest BCUT2D eigenvalue weighted by molar-refractivity contribution is -0.384. The second-order valence-electron chi connectivity index (χ2n) is 7.02. The van der Waals surface area contributed by atoms with Gasteiger partial charge >= 0.3 is 0 Å². The highest BCUT2D eigenvalue weighted by atomic mass is 32.2. The summed E-state index contributed by atoms with van der Waals surface area (Å²) in [5.74, 6) is 0.564. The molecule has 1 aliphatic rings. The minimum Gasteiger partial charge on any atom is -0.456 e. The van der Waals surface area contributed by atoms with E-state index in [9.17, 15) is 14.9 Å². The SMILES string of the molecule is CCc1ccc(N2C(=O)/C(=C\c3ccc(-c4ccc(C)cc4[N+](=O)[O-])o3)SC2=S)cc1. The Kier molecular flexibility index (Phi) is 5.75. The molecule has 3 aromatic rings. The number of amides is 1. The summed E-state index contributed by atoms with van der Waals surface area (Å²) in [6.45, 7) is 3.86. The zero-order valence-electron chi connectivity index (χ0n) is 16.8. The number of nitro benzene ring substituents is 1. The van der Waals surface area contributed by atoms with Crippen molar-refractivity contribution in [2.45, 2.75) is 20.3 Å². The molecule has 1 aliphatic heterocycles. The fourth-order valence-electron chi connectivity index (χ4n) is 3.28. The van der Waals surface area contributed by atoms with Crippen LogP contribution in [0.4, 0.5) is 11.4 Å². The number of anilines is 1. The van der Waals surface area contributed by atoms with Crippen LogP contribution in [0.2, 0.25) is 0 Å². The molecule has 2 heterocycles. The topological polar surface area (TPSA) is 76.6 Å². The molecule has 0 N–H and O–H groups in total. The summed E-state index contributed by atoms with van der Waals surface area (Å²) < 4.78 is 6.25. The molecule has 0 atom stereocenters. The van der Waals surface area contributed by atoms with Crippen molar-refractivity contribution in [3.8, 4) is 11.3 Å². The minimum absolute atomic E-state index is 0.0252. The molecule has 0 aliphatic carbocycles. The van der Waals surface area contributed by atoms with E-state index in [1.165, 1.54) is 28.3 Å². The Morgan fingerprint density at radius 2 is 1.90 bits per heavy atom. The number of nitro groups is 1. The maximum Gasteiger partial charge on any atom is 0.280 e. The van der Waals surface area contributed by atoms with Gasteiger partial charge in [-0.25, -0.2) is 0 Å². The third-order valence-electron chi connectivity index (χ3n) is 4.91.